The number of hydrogen-bond acceptors (Lipinski definition) is 6. The summed E-state index contributed by atoms with van der Waals surface area (Å²) < 4.78 is 15.9. The van der Waals surface area contributed by atoms with Gasteiger partial charge >= 0.3 is 0 Å². The average Bonchev–Trinajstić information content (AvgIpc) is 3.78. The molecule has 0 aliphatic heterocycles. The molecular formula is C55H82N4O4. The number of nitrogens with zero attached hydrogens (tertiary/aromatic N) is 2. The lowest BCUT2D eigenvalue weighted by molar-refractivity contribution is -0.728. The number of hydrogen-bond donors (Lipinski definition) is 4. The Balaban J connectivity index is 1.19. The molecule has 0 spiro atoms. The van der Waals surface area contributed by atoms with E-state index in [2.05, 4.69) is 103 Å². The normalized spacial score (nSPS) is 13.4. The number of aromatic nitrogens is 2. The third-order valence-electron chi connectivity index (χ3n) is 10.8. The lowest BCUT2D eigenvalue weighted by Crippen LogP contribution is -2.47. The van der Waals surface area contributed by atoms with E-state index in [1.165, 1.54) is 75.3 Å². The molecule has 3 unspecified atom stereocenters. The summed E-state index contributed by atoms with van der Waals surface area (Å²) in [5.41, 5.74) is 2.56. The SMILES string of the molecule is C=CC/C=C/C/C=C/CCCCCCCc1cccc(OCC(O)CNCCn2[c-][n+](C(C)NCC(O)COc3cccc(CCCCCCC/C=C/C/C=C/CC=C)c3)cc2)c1. The molecule has 3 atom stereocenters. The molecule has 0 aliphatic rings. The van der Waals surface area contributed by atoms with Gasteiger partial charge in [-0.15, -0.1) is 13.2 Å². The maximum atomic E-state index is 10.7. The van der Waals surface area contributed by atoms with Gasteiger partial charge in [0, 0.05) is 19.6 Å². The third kappa shape index (κ3) is 27.4. The highest BCUT2D eigenvalue weighted by Gasteiger charge is 2.12. The molecule has 1 heterocycles. The number of allylic oxidation sites excluding steroid dienone is 10. The maximum Gasteiger partial charge on any atom is 0.205 e. The van der Waals surface area contributed by atoms with Crippen molar-refractivity contribution in [2.24, 2.45) is 0 Å². The van der Waals surface area contributed by atoms with E-state index in [4.69, 9.17) is 9.47 Å². The van der Waals surface area contributed by atoms with E-state index in [1.54, 1.807) is 0 Å². The molecule has 0 amide bonds. The van der Waals surface area contributed by atoms with Crippen LogP contribution in [0.25, 0.3) is 0 Å². The van der Waals surface area contributed by atoms with Crippen molar-refractivity contribution in [3.05, 3.63) is 152 Å². The van der Waals surface area contributed by atoms with Crippen molar-refractivity contribution in [2.45, 2.75) is 147 Å². The largest absolute Gasteiger partial charge is 0.491 e. The highest BCUT2D eigenvalue weighted by molar-refractivity contribution is 5.29. The number of aliphatic hydroxyl groups excluding tert-OH is 2. The van der Waals surface area contributed by atoms with E-state index in [-0.39, 0.29) is 19.4 Å². The second-order valence-electron chi connectivity index (χ2n) is 16.5. The van der Waals surface area contributed by atoms with Crippen LogP contribution in [0.4, 0.5) is 0 Å². The van der Waals surface area contributed by atoms with Gasteiger partial charge in [0.2, 0.25) is 6.33 Å². The number of aliphatic hydroxyl groups is 2. The Labute approximate surface area is 382 Å². The molecule has 3 aromatic rings. The summed E-state index contributed by atoms with van der Waals surface area (Å²) in [6, 6.07) is 16.5. The molecule has 0 aliphatic carbocycles. The zero-order chi connectivity index (χ0) is 44.8. The highest BCUT2D eigenvalue weighted by Crippen LogP contribution is 2.18. The molecular weight excluding hydrogens is 781 g/mol. The second kappa shape index (κ2) is 35.9. The summed E-state index contributed by atoms with van der Waals surface area (Å²) in [5.74, 6) is 1.61. The molecule has 0 fully saturated rings. The fraction of sp³-hybridized carbons (Fsp3) is 0.509. The molecule has 8 heteroatoms. The maximum absolute atomic E-state index is 10.7. The quantitative estimate of drug-likeness (QED) is 0.0198. The first kappa shape index (κ1) is 52.9. The number of aryl methyl sites for hydroxylation is 2. The van der Waals surface area contributed by atoms with E-state index in [0.29, 0.717) is 26.2 Å². The van der Waals surface area contributed by atoms with Crippen molar-refractivity contribution in [3.8, 4) is 11.5 Å². The highest BCUT2D eigenvalue weighted by atomic mass is 16.5. The van der Waals surface area contributed by atoms with Gasteiger partial charge in [0.25, 0.3) is 0 Å². The van der Waals surface area contributed by atoms with Crippen LogP contribution >= 0.6 is 0 Å². The first-order valence-electron chi connectivity index (χ1n) is 24.0. The van der Waals surface area contributed by atoms with Crippen molar-refractivity contribution >= 4 is 0 Å². The summed E-state index contributed by atoms with van der Waals surface area (Å²) in [7, 11) is 0. The number of ether oxygens (including phenoxy) is 2. The number of rotatable bonds is 39. The van der Waals surface area contributed by atoms with Gasteiger partial charge < -0.3 is 34.1 Å². The van der Waals surface area contributed by atoms with Crippen LogP contribution in [0.1, 0.15) is 127 Å². The van der Waals surface area contributed by atoms with Gasteiger partial charge in [-0.25, -0.2) is 0 Å². The van der Waals surface area contributed by atoms with E-state index in [9.17, 15) is 10.2 Å². The van der Waals surface area contributed by atoms with Crippen LogP contribution in [0.5, 0.6) is 11.5 Å². The Hall–Kier alpha value is -4.47. The van der Waals surface area contributed by atoms with E-state index >= 15 is 0 Å². The first-order chi connectivity index (χ1) is 31.0. The molecule has 0 radical (unpaired) electrons. The van der Waals surface area contributed by atoms with Crippen LogP contribution in [0.15, 0.2) is 135 Å². The van der Waals surface area contributed by atoms with Crippen LogP contribution < -0.4 is 24.7 Å². The minimum atomic E-state index is -0.643. The zero-order valence-corrected chi connectivity index (χ0v) is 38.8. The zero-order valence-electron chi connectivity index (χ0n) is 38.8. The Bertz CT molecular complexity index is 1730. The molecule has 0 bridgehead atoms. The Morgan fingerprint density at radius 3 is 1.70 bits per heavy atom. The smallest absolute Gasteiger partial charge is 0.205 e. The fourth-order valence-electron chi connectivity index (χ4n) is 7.07. The van der Waals surface area contributed by atoms with E-state index in [1.807, 2.05) is 64.9 Å². The number of imidazole rings is 1. The first-order valence-corrected chi connectivity index (χ1v) is 24.0. The fourth-order valence-corrected chi connectivity index (χ4v) is 7.07. The number of nitrogens with one attached hydrogen (secondary N) is 2. The van der Waals surface area contributed by atoms with Crippen LogP contribution in [0.2, 0.25) is 0 Å². The van der Waals surface area contributed by atoms with Crippen molar-refractivity contribution in [1.29, 1.82) is 0 Å². The molecule has 4 N–H and O–H groups in total. The van der Waals surface area contributed by atoms with Crippen LogP contribution in [-0.2, 0) is 19.4 Å². The second-order valence-corrected chi connectivity index (χ2v) is 16.5. The Morgan fingerprint density at radius 1 is 0.651 bits per heavy atom. The molecule has 0 saturated heterocycles. The van der Waals surface area contributed by atoms with Gasteiger partial charge in [-0.1, -0.05) is 124 Å². The van der Waals surface area contributed by atoms with Crippen molar-refractivity contribution < 1.29 is 24.3 Å². The topological polar surface area (TPSA) is 91.8 Å². The lowest BCUT2D eigenvalue weighted by atomic mass is 10.0. The molecule has 8 nitrogen and oxygen atoms in total. The molecule has 1 aromatic heterocycles. The standard InChI is InChI=1S/C55H82N4O4/c1-4-6-8-10-12-14-16-18-20-22-24-26-28-32-50-34-30-36-54(42-50)62-46-52(60)44-56-38-39-58-40-41-59(48-58)49(3)57-45-53(61)47-63-55-37-31-35-51(43-55)33-29-27-25-23-21-19-17-15-13-11-9-7-5-2/h4-5,8-11,14-17,30-31,34-37,40-43,49,52-53,56-57,60-61H,1-2,6-7,12-13,18-29,32-33,38-39,44-47H2,3H3/b10-8+,11-9+,16-14+,17-15+. The van der Waals surface area contributed by atoms with Gasteiger partial charge in [-0.05, 0) is 132 Å². The van der Waals surface area contributed by atoms with E-state index in [0.717, 1.165) is 62.9 Å². The molecule has 63 heavy (non-hydrogen) atoms. The van der Waals surface area contributed by atoms with Crippen molar-refractivity contribution in [3.63, 3.8) is 0 Å². The molecule has 3 rings (SSSR count). The summed E-state index contributed by atoms with van der Waals surface area (Å²) in [6.45, 7) is 12.2. The van der Waals surface area contributed by atoms with Gasteiger partial charge in [-0.2, -0.15) is 0 Å². The summed E-state index contributed by atoms with van der Waals surface area (Å²) in [6.07, 6.45) is 48.5. The monoisotopic (exact) mass is 863 g/mol. The van der Waals surface area contributed by atoms with Crippen LogP contribution in [0.3, 0.4) is 0 Å². The van der Waals surface area contributed by atoms with E-state index < -0.39 is 12.2 Å². The van der Waals surface area contributed by atoms with Gasteiger partial charge in [0.15, 0.2) is 0 Å². The lowest BCUT2D eigenvalue weighted by Gasteiger charge is -2.18. The molecule has 0 saturated carbocycles. The summed E-state index contributed by atoms with van der Waals surface area (Å²) >= 11 is 0. The molecule has 2 aromatic carbocycles. The van der Waals surface area contributed by atoms with Crippen molar-refractivity contribution in [1.82, 2.24) is 15.2 Å². The minimum Gasteiger partial charge on any atom is -0.491 e. The Morgan fingerprint density at radius 2 is 1.14 bits per heavy atom. The predicted octanol–water partition coefficient (Wildman–Crippen LogP) is 11.1. The number of benzene rings is 2. The average molecular weight is 863 g/mol. The summed E-state index contributed by atoms with van der Waals surface area (Å²) in [5, 5.41) is 27.9. The van der Waals surface area contributed by atoms with Gasteiger partial charge in [-0.3, -0.25) is 5.32 Å². The van der Waals surface area contributed by atoms with Gasteiger partial charge in [0.05, 0.1) is 6.54 Å². The molecule has 346 valence electrons. The number of unbranched alkanes of at least 4 members (excludes halogenated alkanes) is 10. The van der Waals surface area contributed by atoms with Gasteiger partial charge in [0.1, 0.15) is 43.1 Å². The van der Waals surface area contributed by atoms with Crippen LogP contribution in [-0.4, -0.2) is 59.8 Å². The Kier molecular flexibility index (Phi) is 30.2. The minimum absolute atomic E-state index is 0.0513. The van der Waals surface area contributed by atoms with Crippen molar-refractivity contribution in [2.75, 3.05) is 32.8 Å². The van der Waals surface area contributed by atoms with Crippen LogP contribution in [0, 0.1) is 6.33 Å². The predicted molar refractivity (Wildman–Crippen MR) is 263 cm³/mol. The summed E-state index contributed by atoms with van der Waals surface area (Å²) in [4.78, 5) is 0. The third-order valence-corrected chi connectivity index (χ3v) is 10.8.